The van der Waals surface area contributed by atoms with E-state index in [1.807, 2.05) is 37.3 Å². The lowest BCUT2D eigenvalue weighted by Crippen LogP contribution is -1.96. The maximum Gasteiger partial charge on any atom is 0.141 e. The predicted octanol–water partition coefficient (Wildman–Crippen LogP) is 5.89. The van der Waals surface area contributed by atoms with Gasteiger partial charge in [0, 0.05) is 6.21 Å². The third-order valence-corrected chi connectivity index (χ3v) is 4.40. The minimum atomic E-state index is 0.462. The fourth-order valence-electron chi connectivity index (χ4n) is 2.10. The molecule has 2 aromatic carbocycles. The molecule has 0 aliphatic carbocycles. The zero-order chi connectivity index (χ0) is 16.4. The summed E-state index contributed by atoms with van der Waals surface area (Å²) in [6.07, 6.45) is 1.68. The van der Waals surface area contributed by atoms with Crippen molar-refractivity contribution in [3.63, 3.8) is 0 Å². The van der Waals surface area contributed by atoms with Crippen molar-refractivity contribution >= 4 is 46.7 Å². The van der Waals surface area contributed by atoms with Crippen LogP contribution in [0.15, 0.2) is 53.5 Å². The van der Waals surface area contributed by atoms with Gasteiger partial charge in [0.2, 0.25) is 0 Å². The number of para-hydroxylation sites is 1. The normalized spacial score (nSPS) is 11.3. The molecule has 116 valence electrons. The van der Waals surface area contributed by atoms with Gasteiger partial charge < -0.3 is 0 Å². The van der Waals surface area contributed by atoms with Crippen LogP contribution in [0.5, 0.6) is 0 Å². The van der Waals surface area contributed by atoms with Gasteiger partial charge in [0.1, 0.15) is 5.15 Å². The highest BCUT2D eigenvalue weighted by Gasteiger charge is 2.12. The predicted molar refractivity (Wildman–Crippen MR) is 97.0 cm³/mol. The smallest absolute Gasteiger partial charge is 0.141 e. The number of hydrogen-bond donors (Lipinski definition) is 0. The maximum atomic E-state index is 6.45. The Kier molecular flexibility index (Phi) is 4.71. The Morgan fingerprint density at radius 2 is 1.74 bits per heavy atom. The van der Waals surface area contributed by atoms with Crippen LogP contribution in [0.4, 0.5) is 5.69 Å². The average molecular weight is 365 g/mol. The van der Waals surface area contributed by atoms with E-state index in [1.54, 1.807) is 29.1 Å². The molecule has 0 saturated carbocycles. The van der Waals surface area contributed by atoms with E-state index in [1.165, 1.54) is 0 Å². The molecule has 0 saturated heterocycles. The standard InChI is InChI=1S/C17H12Cl3N3/c1-11-14(10-21-12-7-8-15(18)16(19)9-12)17(20)23(22-11)13-5-3-2-4-6-13/h2-10H,1H3. The molecule has 3 nitrogen and oxygen atoms in total. The molecule has 0 bridgehead atoms. The number of benzene rings is 2. The van der Waals surface area contributed by atoms with E-state index in [0.29, 0.717) is 20.9 Å². The lowest BCUT2D eigenvalue weighted by atomic mass is 10.3. The van der Waals surface area contributed by atoms with Crippen molar-refractivity contribution in [1.82, 2.24) is 9.78 Å². The fraction of sp³-hybridized carbons (Fsp3) is 0.0588. The first kappa shape index (κ1) is 16.1. The van der Waals surface area contributed by atoms with E-state index in [2.05, 4.69) is 10.1 Å². The molecule has 0 amide bonds. The first-order valence-electron chi connectivity index (χ1n) is 6.86. The molecule has 0 unspecified atom stereocenters. The molecular formula is C17H12Cl3N3. The summed E-state index contributed by atoms with van der Waals surface area (Å²) < 4.78 is 1.69. The van der Waals surface area contributed by atoms with Gasteiger partial charge in [-0.15, -0.1) is 0 Å². The summed E-state index contributed by atoms with van der Waals surface area (Å²) in [5, 5.41) is 5.94. The summed E-state index contributed by atoms with van der Waals surface area (Å²) in [6.45, 7) is 1.89. The number of aryl methyl sites for hydroxylation is 1. The van der Waals surface area contributed by atoms with Crippen molar-refractivity contribution < 1.29 is 0 Å². The summed E-state index contributed by atoms with van der Waals surface area (Å²) in [7, 11) is 0. The molecule has 0 N–H and O–H groups in total. The van der Waals surface area contributed by atoms with E-state index in [4.69, 9.17) is 34.8 Å². The number of rotatable bonds is 3. The van der Waals surface area contributed by atoms with Crippen LogP contribution < -0.4 is 0 Å². The third-order valence-electron chi connectivity index (χ3n) is 3.29. The molecule has 0 aliphatic rings. The second kappa shape index (κ2) is 6.75. The van der Waals surface area contributed by atoms with E-state index in [0.717, 1.165) is 16.9 Å². The Labute approximate surface area is 149 Å². The van der Waals surface area contributed by atoms with Crippen molar-refractivity contribution in [3.05, 3.63) is 75.0 Å². The van der Waals surface area contributed by atoms with Gasteiger partial charge in [-0.05, 0) is 37.3 Å². The van der Waals surface area contributed by atoms with Gasteiger partial charge in [-0.1, -0.05) is 53.0 Å². The monoisotopic (exact) mass is 363 g/mol. The molecule has 0 spiro atoms. The second-order valence-corrected chi connectivity index (χ2v) is 6.07. The van der Waals surface area contributed by atoms with Gasteiger partial charge in [-0.25, -0.2) is 4.68 Å². The number of hydrogen-bond acceptors (Lipinski definition) is 2. The van der Waals surface area contributed by atoms with Gasteiger partial charge >= 0.3 is 0 Å². The molecule has 0 radical (unpaired) electrons. The number of nitrogens with zero attached hydrogens (tertiary/aromatic N) is 3. The lowest BCUT2D eigenvalue weighted by Gasteiger charge is -2.02. The Hall–Kier alpha value is -1.81. The van der Waals surface area contributed by atoms with Crippen LogP contribution in [0, 0.1) is 6.92 Å². The third kappa shape index (κ3) is 3.42. The van der Waals surface area contributed by atoms with Crippen LogP contribution in [0.1, 0.15) is 11.3 Å². The highest BCUT2D eigenvalue weighted by Crippen LogP contribution is 2.27. The largest absolute Gasteiger partial charge is 0.256 e. The Morgan fingerprint density at radius 1 is 1.00 bits per heavy atom. The summed E-state index contributed by atoms with van der Waals surface area (Å²) in [6, 6.07) is 14.9. The fourth-order valence-corrected chi connectivity index (χ4v) is 2.72. The molecule has 3 rings (SSSR count). The molecule has 1 aromatic heterocycles. The number of aliphatic imine (C=N–C) groups is 1. The molecule has 23 heavy (non-hydrogen) atoms. The van der Waals surface area contributed by atoms with Crippen LogP contribution in [0.25, 0.3) is 5.69 Å². The van der Waals surface area contributed by atoms with E-state index in [9.17, 15) is 0 Å². The van der Waals surface area contributed by atoms with Crippen LogP contribution in [-0.2, 0) is 0 Å². The Bertz CT molecular complexity index is 870. The maximum absolute atomic E-state index is 6.45. The minimum Gasteiger partial charge on any atom is -0.256 e. The lowest BCUT2D eigenvalue weighted by molar-refractivity contribution is 0.863. The van der Waals surface area contributed by atoms with Crippen molar-refractivity contribution in [2.24, 2.45) is 4.99 Å². The van der Waals surface area contributed by atoms with Crippen molar-refractivity contribution in [2.45, 2.75) is 6.92 Å². The average Bonchev–Trinajstić information content (AvgIpc) is 2.84. The molecule has 1 heterocycles. The van der Waals surface area contributed by atoms with Crippen LogP contribution in [0.2, 0.25) is 15.2 Å². The van der Waals surface area contributed by atoms with E-state index >= 15 is 0 Å². The summed E-state index contributed by atoms with van der Waals surface area (Å²) in [4.78, 5) is 4.40. The molecule has 0 fully saturated rings. The van der Waals surface area contributed by atoms with Crippen molar-refractivity contribution in [2.75, 3.05) is 0 Å². The van der Waals surface area contributed by atoms with Gasteiger partial charge in [0.15, 0.2) is 0 Å². The Morgan fingerprint density at radius 3 is 2.43 bits per heavy atom. The minimum absolute atomic E-state index is 0.462. The quantitative estimate of drug-likeness (QED) is 0.533. The molecule has 3 aromatic rings. The van der Waals surface area contributed by atoms with Gasteiger partial charge in [0.05, 0.1) is 32.7 Å². The molecule has 0 aliphatic heterocycles. The number of halogens is 3. The first-order chi connectivity index (χ1) is 11.1. The van der Waals surface area contributed by atoms with Crippen LogP contribution in [0.3, 0.4) is 0 Å². The summed E-state index contributed by atoms with van der Waals surface area (Å²) in [5.74, 6) is 0. The van der Waals surface area contributed by atoms with Crippen LogP contribution >= 0.6 is 34.8 Å². The highest BCUT2D eigenvalue weighted by atomic mass is 35.5. The topological polar surface area (TPSA) is 30.2 Å². The van der Waals surface area contributed by atoms with Gasteiger partial charge in [-0.3, -0.25) is 4.99 Å². The SMILES string of the molecule is Cc1nn(-c2ccccc2)c(Cl)c1C=Nc1ccc(Cl)c(Cl)c1. The summed E-state index contributed by atoms with van der Waals surface area (Å²) >= 11 is 18.3. The van der Waals surface area contributed by atoms with Gasteiger partial charge in [-0.2, -0.15) is 5.10 Å². The first-order valence-corrected chi connectivity index (χ1v) is 7.99. The zero-order valence-corrected chi connectivity index (χ0v) is 14.4. The number of aromatic nitrogens is 2. The zero-order valence-electron chi connectivity index (χ0n) is 12.2. The van der Waals surface area contributed by atoms with E-state index in [-0.39, 0.29) is 0 Å². The van der Waals surface area contributed by atoms with Crippen molar-refractivity contribution in [3.8, 4) is 5.69 Å². The van der Waals surface area contributed by atoms with Crippen LogP contribution in [-0.4, -0.2) is 16.0 Å². The molecule has 0 atom stereocenters. The van der Waals surface area contributed by atoms with E-state index < -0.39 is 0 Å². The Balaban J connectivity index is 1.96. The molecular weight excluding hydrogens is 353 g/mol. The van der Waals surface area contributed by atoms with Gasteiger partial charge in [0.25, 0.3) is 0 Å². The molecule has 6 heteroatoms. The highest BCUT2D eigenvalue weighted by molar-refractivity contribution is 6.42. The van der Waals surface area contributed by atoms with Crippen molar-refractivity contribution in [1.29, 1.82) is 0 Å². The summed E-state index contributed by atoms with van der Waals surface area (Å²) in [5.41, 5.74) is 3.15. The second-order valence-electron chi connectivity index (χ2n) is 4.89.